The molecule has 0 bridgehead atoms. The number of aliphatic imine (C=N–C) groups is 2. The van der Waals surface area contributed by atoms with E-state index in [-0.39, 0.29) is 5.76 Å². The molecule has 44 heavy (non-hydrogen) atoms. The quantitative estimate of drug-likeness (QED) is 0.0936. The summed E-state index contributed by atoms with van der Waals surface area (Å²) in [6.07, 6.45) is 10.3. The summed E-state index contributed by atoms with van der Waals surface area (Å²) in [5.74, 6) is 1.66. The summed E-state index contributed by atoms with van der Waals surface area (Å²) in [4.78, 5) is 32.8. The third-order valence-corrected chi connectivity index (χ3v) is 6.81. The Bertz CT molecular complexity index is 1150. The number of allylic oxidation sites excluding steroid dienone is 2. The lowest BCUT2D eigenvalue weighted by molar-refractivity contribution is 0.0341. The molecule has 1 fully saturated rings. The van der Waals surface area contributed by atoms with Gasteiger partial charge in [0.15, 0.2) is 11.9 Å². The lowest BCUT2D eigenvalue weighted by Gasteiger charge is -2.28. The average Bonchev–Trinajstić information content (AvgIpc) is 3.42. The van der Waals surface area contributed by atoms with Gasteiger partial charge in [0.2, 0.25) is 11.7 Å². The molecule has 13 heteroatoms. The number of carbonyl (C=O) groups is 1. The molecule has 13 nitrogen and oxygen atoms in total. The number of aryl methyl sites for hydroxylation is 2. The SMILES string of the molecule is C/C=C/N=C(N)N(C)C/C=C/CN(C/C(=C\C)OCCCN1CCOCC1)C(=NC(C)OC)NC(=O)c1oc(C)nc1CC. The van der Waals surface area contributed by atoms with Gasteiger partial charge in [-0.1, -0.05) is 25.2 Å². The Morgan fingerprint density at radius 3 is 2.64 bits per heavy atom. The molecular weight excluding hydrogens is 564 g/mol. The van der Waals surface area contributed by atoms with Crippen LogP contribution in [-0.2, 0) is 20.6 Å². The van der Waals surface area contributed by atoms with Crippen molar-refractivity contribution in [2.24, 2.45) is 15.7 Å². The number of methoxy groups -OCH3 is 1. The van der Waals surface area contributed by atoms with Gasteiger partial charge in [-0.2, -0.15) is 0 Å². The number of nitrogens with two attached hydrogens (primary N) is 1. The minimum atomic E-state index is -0.517. The highest BCUT2D eigenvalue weighted by atomic mass is 16.5. The standard InChI is InChI=1S/C31H52N8O5/c1-8-14-33-30(32)37(6)15-11-12-17-39(23-26(9-2)43-20-13-16-38-18-21-42-22-19-38)31(35-24(4)41-7)36-29(40)28-27(10-3)34-25(5)44-28/h8-9,11-12,14,24H,10,13,15-23H2,1-7H3,(H2,32,33)(H,35,36,40)/b12-11+,14-8+,26-9+. The monoisotopic (exact) mass is 616 g/mol. The average molecular weight is 617 g/mol. The van der Waals surface area contributed by atoms with Crippen LogP contribution in [0.15, 0.2) is 50.7 Å². The van der Waals surface area contributed by atoms with E-state index in [0.717, 1.165) is 45.0 Å². The Hall–Kier alpha value is -3.68. The molecule has 1 saturated heterocycles. The third kappa shape index (κ3) is 12.9. The summed E-state index contributed by atoms with van der Waals surface area (Å²) >= 11 is 0. The van der Waals surface area contributed by atoms with E-state index in [1.807, 2.05) is 61.9 Å². The van der Waals surface area contributed by atoms with Crippen LogP contribution < -0.4 is 11.1 Å². The lowest BCUT2D eigenvalue weighted by Crippen LogP contribution is -2.46. The molecule has 0 aromatic carbocycles. The number of likely N-dealkylation sites (N-methyl/N-ethyl adjacent to an activating group) is 1. The second-order valence-corrected chi connectivity index (χ2v) is 10.2. The van der Waals surface area contributed by atoms with Crippen molar-refractivity contribution < 1.29 is 23.4 Å². The molecule has 0 spiro atoms. The number of amides is 1. The minimum Gasteiger partial charge on any atom is -0.496 e. The number of ether oxygens (including phenoxy) is 3. The van der Waals surface area contributed by atoms with Crippen molar-refractivity contribution in [3.8, 4) is 0 Å². The molecular formula is C31H52N8O5. The van der Waals surface area contributed by atoms with Crippen LogP contribution in [0.1, 0.15) is 56.3 Å². The van der Waals surface area contributed by atoms with Crippen molar-refractivity contribution >= 4 is 17.8 Å². The van der Waals surface area contributed by atoms with Crippen LogP contribution in [-0.4, -0.2) is 117 Å². The number of carbonyl (C=O) groups excluding carboxylic acids is 1. The fraction of sp³-hybridized carbons (Fsp3) is 0.613. The smallest absolute Gasteiger partial charge is 0.295 e. The molecule has 0 saturated carbocycles. The predicted octanol–water partition coefficient (Wildman–Crippen LogP) is 2.90. The van der Waals surface area contributed by atoms with E-state index in [1.54, 1.807) is 27.2 Å². The molecule has 1 aliphatic rings. The Morgan fingerprint density at radius 1 is 1.25 bits per heavy atom. The number of nitrogens with zero attached hydrogens (tertiary/aromatic N) is 6. The Balaban J connectivity index is 2.23. The second kappa shape index (κ2) is 20.3. The fourth-order valence-corrected chi connectivity index (χ4v) is 4.19. The number of oxazole rings is 1. The summed E-state index contributed by atoms with van der Waals surface area (Å²) in [7, 11) is 3.43. The van der Waals surface area contributed by atoms with Gasteiger partial charge < -0.3 is 34.2 Å². The van der Waals surface area contributed by atoms with Crippen molar-refractivity contribution in [3.05, 3.63) is 53.6 Å². The molecule has 1 unspecified atom stereocenters. The van der Waals surface area contributed by atoms with Crippen molar-refractivity contribution in [1.82, 2.24) is 25.0 Å². The van der Waals surface area contributed by atoms with Crippen molar-refractivity contribution in [3.63, 3.8) is 0 Å². The Kier molecular flexibility index (Phi) is 16.9. The largest absolute Gasteiger partial charge is 0.496 e. The highest BCUT2D eigenvalue weighted by molar-refractivity contribution is 6.04. The topological polar surface area (TPSA) is 143 Å². The van der Waals surface area contributed by atoms with E-state index in [9.17, 15) is 4.79 Å². The summed E-state index contributed by atoms with van der Waals surface area (Å²) in [5, 5.41) is 2.95. The number of rotatable bonds is 16. The maximum atomic E-state index is 13.4. The maximum Gasteiger partial charge on any atom is 0.295 e. The normalized spacial score (nSPS) is 16.1. The van der Waals surface area contributed by atoms with E-state index in [1.165, 1.54) is 0 Å². The van der Waals surface area contributed by atoms with E-state index >= 15 is 0 Å². The van der Waals surface area contributed by atoms with Gasteiger partial charge >= 0.3 is 0 Å². The van der Waals surface area contributed by atoms with Gasteiger partial charge in [0.05, 0.1) is 32.1 Å². The highest BCUT2D eigenvalue weighted by Crippen LogP contribution is 2.13. The third-order valence-electron chi connectivity index (χ3n) is 6.81. The van der Waals surface area contributed by atoms with Gasteiger partial charge in [-0.3, -0.25) is 15.0 Å². The van der Waals surface area contributed by atoms with E-state index in [4.69, 9.17) is 24.4 Å². The van der Waals surface area contributed by atoms with Gasteiger partial charge in [-0.05, 0) is 39.7 Å². The van der Waals surface area contributed by atoms with Crippen molar-refractivity contribution in [2.75, 3.05) is 73.2 Å². The maximum absolute atomic E-state index is 13.4. The number of aromatic nitrogens is 1. The number of nitrogens with one attached hydrogen (secondary N) is 1. The molecule has 246 valence electrons. The Morgan fingerprint density at radius 2 is 1.98 bits per heavy atom. The van der Waals surface area contributed by atoms with Crippen molar-refractivity contribution in [2.45, 2.75) is 53.7 Å². The first kappa shape index (κ1) is 36.5. The van der Waals surface area contributed by atoms with Crippen molar-refractivity contribution in [1.29, 1.82) is 0 Å². The van der Waals surface area contributed by atoms with E-state index < -0.39 is 12.1 Å². The number of hydrogen-bond acceptors (Lipinski definition) is 9. The highest BCUT2D eigenvalue weighted by Gasteiger charge is 2.23. The second-order valence-electron chi connectivity index (χ2n) is 10.2. The minimum absolute atomic E-state index is 0.168. The molecule has 1 aromatic rings. The summed E-state index contributed by atoms with van der Waals surface area (Å²) in [5.41, 5.74) is 6.63. The van der Waals surface area contributed by atoms with E-state index in [2.05, 4.69) is 25.2 Å². The van der Waals surface area contributed by atoms with Gasteiger partial charge in [-0.15, -0.1) is 0 Å². The molecule has 0 aliphatic carbocycles. The molecule has 1 aliphatic heterocycles. The van der Waals surface area contributed by atoms with Crippen LogP contribution in [0.25, 0.3) is 0 Å². The summed E-state index contributed by atoms with van der Waals surface area (Å²) in [6, 6.07) is 0. The first-order valence-electron chi connectivity index (χ1n) is 15.2. The van der Waals surface area contributed by atoms with Gasteiger partial charge in [0.1, 0.15) is 12.0 Å². The van der Waals surface area contributed by atoms with Crippen LogP contribution in [0.5, 0.6) is 0 Å². The number of morpholine rings is 1. The molecule has 3 N–H and O–H groups in total. The molecule has 1 atom stereocenters. The van der Waals surface area contributed by atoms with Crippen LogP contribution in [0.4, 0.5) is 0 Å². The van der Waals surface area contributed by atoms with Crippen LogP contribution >= 0.6 is 0 Å². The lowest BCUT2D eigenvalue weighted by atomic mass is 10.2. The fourth-order valence-electron chi connectivity index (χ4n) is 4.19. The first-order valence-corrected chi connectivity index (χ1v) is 15.2. The first-order chi connectivity index (χ1) is 21.2. The number of hydrogen-bond donors (Lipinski definition) is 2. The summed E-state index contributed by atoms with van der Waals surface area (Å²) < 4.78 is 22.7. The molecule has 1 amide bonds. The van der Waals surface area contributed by atoms with Gasteiger partial charge in [0, 0.05) is 60.0 Å². The molecule has 1 aromatic heterocycles. The van der Waals surface area contributed by atoms with E-state index in [0.29, 0.717) is 56.2 Å². The number of guanidine groups is 2. The zero-order valence-corrected chi connectivity index (χ0v) is 27.5. The van der Waals surface area contributed by atoms with Crippen LogP contribution in [0.3, 0.4) is 0 Å². The van der Waals surface area contributed by atoms with Crippen LogP contribution in [0.2, 0.25) is 0 Å². The predicted molar refractivity (Wildman–Crippen MR) is 173 cm³/mol. The molecule has 0 radical (unpaired) electrons. The molecule has 2 rings (SSSR count). The van der Waals surface area contributed by atoms with Crippen LogP contribution in [0, 0.1) is 6.92 Å². The Labute approximate surface area is 262 Å². The van der Waals surface area contributed by atoms with Gasteiger partial charge in [-0.25, -0.2) is 15.0 Å². The summed E-state index contributed by atoms with van der Waals surface area (Å²) in [6.45, 7) is 15.5. The zero-order chi connectivity index (χ0) is 32.3. The van der Waals surface area contributed by atoms with Gasteiger partial charge in [0.25, 0.3) is 5.91 Å². The molecule has 2 heterocycles. The zero-order valence-electron chi connectivity index (χ0n) is 27.5.